The third kappa shape index (κ3) is 2.92. The lowest BCUT2D eigenvalue weighted by atomic mass is 10.0. The van der Waals surface area contributed by atoms with Crippen molar-refractivity contribution in [3.8, 4) is 11.3 Å². The Morgan fingerprint density at radius 3 is 2.48 bits per heavy atom. The Morgan fingerprint density at radius 1 is 1.13 bits per heavy atom. The topological polar surface area (TPSA) is 53.1 Å². The smallest absolute Gasteiger partial charge is 0.303 e. The number of aromatic amines is 1. The molecule has 6 heteroatoms. The van der Waals surface area contributed by atoms with Crippen molar-refractivity contribution in [3.63, 3.8) is 0 Å². The number of carbonyl (C=O) groups is 1. The number of H-pyrrole nitrogens is 1. The number of fused-ring (bicyclic) bond motifs is 1. The van der Waals surface area contributed by atoms with E-state index in [-0.39, 0.29) is 22.2 Å². The molecule has 23 heavy (non-hydrogen) atoms. The van der Waals surface area contributed by atoms with E-state index in [0.717, 1.165) is 18.2 Å². The van der Waals surface area contributed by atoms with Gasteiger partial charge in [0.05, 0.1) is 5.52 Å². The van der Waals surface area contributed by atoms with E-state index in [1.165, 1.54) is 12.1 Å². The van der Waals surface area contributed by atoms with Crippen LogP contribution in [0, 0.1) is 17.5 Å². The van der Waals surface area contributed by atoms with Gasteiger partial charge in [-0.2, -0.15) is 0 Å². The molecule has 2 atom stereocenters. The third-order valence-corrected chi connectivity index (χ3v) is 3.39. The summed E-state index contributed by atoms with van der Waals surface area (Å²) in [4.78, 5) is 13.8. The minimum Gasteiger partial charge on any atom is -0.481 e. The van der Waals surface area contributed by atoms with Crippen molar-refractivity contribution in [3.05, 3.63) is 59.4 Å². The number of aromatic nitrogens is 1. The maximum Gasteiger partial charge on any atom is 0.303 e. The zero-order valence-corrected chi connectivity index (χ0v) is 11.6. The van der Waals surface area contributed by atoms with Crippen molar-refractivity contribution < 1.29 is 25.8 Å². The summed E-state index contributed by atoms with van der Waals surface area (Å²) in [6.45, 7) is 0. The van der Waals surface area contributed by atoms with E-state index in [2.05, 4.69) is 4.98 Å². The summed E-state index contributed by atoms with van der Waals surface area (Å²) in [5.74, 6) is -3.84. The number of aliphatic carboxylic acids is 1. The molecule has 2 unspecified atom stereocenters. The molecule has 1 aromatic heterocycles. The third-order valence-electron chi connectivity index (χ3n) is 3.39. The molecule has 0 spiro atoms. The molecule has 2 aromatic carbocycles. The second kappa shape index (κ2) is 5.79. The van der Waals surface area contributed by atoms with Gasteiger partial charge in [0.2, 0.25) is 0 Å². The van der Waals surface area contributed by atoms with Crippen molar-refractivity contribution in [2.45, 2.75) is 12.8 Å². The second-order valence-corrected chi connectivity index (χ2v) is 4.90. The van der Waals surface area contributed by atoms with Gasteiger partial charge in [0, 0.05) is 26.3 Å². The van der Waals surface area contributed by atoms with E-state index >= 15 is 0 Å². The minimum atomic E-state index is -1.86. The molecule has 0 fully saturated rings. The number of aryl methyl sites for hydroxylation is 1. The number of carboxylic acids is 1. The van der Waals surface area contributed by atoms with Crippen LogP contribution in [0.2, 0.25) is 0 Å². The highest BCUT2D eigenvalue weighted by molar-refractivity contribution is 5.91. The van der Waals surface area contributed by atoms with E-state index in [1.54, 1.807) is 0 Å². The van der Waals surface area contributed by atoms with Crippen molar-refractivity contribution in [1.82, 2.24) is 4.98 Å². The second-order valence-electron chi connectivity index (χ2n) is 4.90. The van der Waals surface area contributed by atoms with E-state index in [0.29, 0.717) is 11.6 Å². The summed E-state index contributed by atoms with van der Waals surface area (Å²) in [6.07, 6.45) is -3.46. The first-order chi connectivity index (χ1) is 11.8. The van der Waals surface area contributed by atoms with Crippen LogP contribution in [0.5, 0.6) is 0 Å². The van der Waals surface area contributed by atoms with Crippen LogP contribution in [0.15, 0.2) is 36.4 Å². The summed E-state index contributed by atoms with van der Waals surface area (Å²) < 4.78 is 56.6. The SMILES string of the molecule is [2H]C(C(=O)O)C([2H])c1c(-c2ccc(F)cc2)[nH]c2c(F)cc(F)cc12. The number of hydrogen-bond acceptors (Lipinski definition) is 1. The van der Waals surface area contributed by atoms with Gasteiger partial charge in [0.15, 0.2) is 0 Å². The van der Waals surface area contributed by atoms with E-state index < -0.39 is 36.2 Å². The zero-order chi connectivity index (χ0) is 18.3. The van der Waals surface area contributed by atoms with Crippen LogP contribution in [0.3, 0.4) is 0 Å². The fraction of sp³-hybridized carbons (Fsp3) is 0.118. The molecule has 0 bridgehead atoms. The molecule has 0 aliphatic rings. The molecule has 1 heterocycles. The monoisotopic (exact) mass is 321 g/mol. The Balaban J connectivity index is 2.31. The number of halogens is 3. The van der Waals surface area contributed by atoms with Gasteiger partial charge >= 0.3 is 5.97 Å². The summed E-state index contributed by atoms with van der Waals surface area (Å²) in [5, 5.41) is 9.00. The average molecular weight is 321 g/mol. The highest BCUT2D eigenvalue weighted by atomic mass is 19.1. The van der Waals surface area contributed by atoms with E-state index in [1.807, 2.05) is 0 Å². The predicted octanol–water partition coefficient (Wildman–Crippen LogP) is 4.27. The highest BCUT2D eigenvalue weighted by Crippen LogP contribution is 2.33. The average Bonchev–Trinajstić information content (AvgIpc) is 2.93. The van der Waals surface area contributed by atoms with Gasteiger partial charge in [-0.05, 0) is 47.9 Å². The van der Waals surface area contributed by atoms with Crippen LogP contribution >= 0.6 is 0 Å². The summed E-state index contributed by atoms with van der Waals surface area (Å²) in [7, 11) is 0. The van der Waals surface area contributed by atoms with Crippen molar-refractivity contribution in [2.24, 2.45) is 0 Å². The van der Waals surface area contributed by atoms with Crippen LogP contribution < -0.4 is 0 Å². The number of carboxylic acid groups (broad SMARTS) is 1. The van der Waals surface area contributed by atoms with Crippen molar-refractivity contribution in [2.75, 3.05) is 0 Å². The van der Waals surface area contributed by atoms with Gasteiger partial charge in [-0.15, -0.1) is 0 Å². The Morgan fingerprint density at radius 2 is 1.83 bits per heavy atom. The van der Waals surface area contributed by atoms with Crippen LogP contribution in [-0.2, 0) is 11.2 Å². The molecule has 0 saturated heterocycles. The molecular formula is C17H12F3NO2. The molecule has 0 saturated carbocycles. The molecule has 0 radical (unpaired) electrons. The molecule has 118 valence electrons. The molecule has 3 rings (SSSR count). The summed E-state index contributed by atoms with van der Waals surface area (Å²) in [6, 6.07) is 6.67. The Hall–Kier alpha value is -2.76. The standard InChI is InChI=1S/C17H12F3NO2/c18-10-3-1-9(2-4-10)16-12(5-6-15(22)23)13-7-11(19)8-14(20)17(13)21-16/h1-4,7-8,21H,5-6H2,(H,22,23)/i5D,6D. The molecule has 3 nitrogen and oxygen atoms in total. The van der Waals surface area contributed by atoms with E-state index in [4.69, 9.17) is 7.85 Å². The first-order valence-corrected chi connectivity index (χ1v) is 6.63. The zero-order valence-electron chi connectivity index (χ0n) is 13.6. The Bertz CT molecular complexity index is 957. The molecule has 0 aliphatic carbocycles. The van der Waals surface area contributed by atoms with Crippen LogP contribution in [0.1, 0.15) is 14.7 Å². The van der Waals surface area contributed by atoms with Crippen LogP contribution in [-0.4, -0.2) is 16.1 Å². The normalized spacial score (nSPS) is 15.1. The quantitative estimate of drug-likeness (QED) is 0.754. The van der Waals surface area contributed by atoms with Gasteiger partial charge in [0.25, 0.3) is 0 Å². The first-order valence-electron chi connectivity index (χ1n) is 7.79. The molecule has 3 aromatic rings. The van der Waals surface area contributed by atoms with E-state index in [9.17, 15) is 18.0 Å². The Labute approximate surface area is 132 Å². The van der Waals surface area contributed by atoms with Crippen LogP contribution in [0.25, 0.3) is 22.2 Å². The molecular weight excluding hydrogens is 307 g/mol. The van der Waals surface area contributed by atoms with Gasteiger partial charge in [0.1, 0.15) is 17.5 Å². The highest BCUT2D eigenvalue weighted by Gasteiger charge is 2.17. The van der Waals surface area contributed by atoms with Crippen molar-refractivity contribution in [1.29, 1.82) is 0 Å². The largest absolute Gasteiger partial charge is 0.481 e. The Kier molecular flexibility index (Phi) is 3.21. The van der Waals surface area contributed by atoms with Gasteiger partial charge in [-0.25, -0.2) is 13.2 Å². The fourth-order valence-corrected chi connectivity index (χ4v) is 2.41. The molecule has 0 amide bonds. The number of hydrogen-bond donors (Lipinski definition) is 2. The van der Waals surface area contributed by atoms with Gasteiger partial charge in [-0.1, -0.05) is 0 Å². The number of nitrogens with one attached hydrogen (secondary N) is 1. The van der Waals surface area contributed by atoms with Crippen molar-refractivity contribution >= 4 is 16.9 Å². The molecule has 0 aliphatic heterocycles. The lowest BCUT2D eigenvalue weighted by Crippen LogP contribution is -1.98. The first kappa shape index (κ1) is 12.8. The maximum absolute atomic E-state index is 14.1. The number of benzene rings is 2. The maximum atomic E-state index is 14.1. The van der Waals surface area contributed by atoms with Crippen LogP contribution in [0.4, 0.5) is 13.2 Å². The number of rotatable bonds is 4. The summed E-state index contributed by atoms with van der Waals surface area (Å²) in [5.41, 5.74) is 0.383. The lowest BCUT2D eigenvalue weighted by Gasteiger charge is -2.04. The van der Waals surface area contributed by atoms with Gasteiger partial charge in [-0.3, -0.25) is 4.79 Å². The minimum absolute atomic E-state index is 0.0182. The molecule has 2 N–H and O–H groups in total. The lowest BCUT2D eigenvalue weighted by molar-refractivity contribution is -0.136. The summed E-state index contributed by atoms with van der Waals surface area (Å²) >= 11 is 0. The predicted molar refractivity (Wildman–Crippen MR) is 79.6 cm³/mol. The fourth-order valence-electron chi connectivity index (χ4n) is 2.41. The van der Waals surface area contributed by atoms with Gasteiger partial charge < -0.3 is 10.1 Å².